The zero-order valence-corrected chi connectivity index (χ0v) is 13.8. The van der Waals surface area contributed by atoms with Crippen molar-refractivity contribution < 1.29 is 9.59 Å². The topological polar surface area (TPSA) is 85.5 Å². The van der Waals surface area contributed by atoms with Gasteiger partial charge in [-0.25, -0.2) is 0 Å². The van der Waals surface area contributed by atoms with Gasteiger partial charge in [0.25, 0.3) is 11.5 Å². The van der Waals surface area contributed by atoms with Crippen LogP contribution in [0.3, 0.4) is 0 Å². The average molecular weight is 340 g/mol. The molecule has 1 saturated heterocycles. The number of amides is 2. The van der Waals surface area contributed by atoms with Gasteiger partial charge in [-0.05, 0) is 24.3 Å². The molecule has 1 fully saturated rings. The number of rotatable bonds is 4. The fourth-order valence-electron chi connectivity index (χ4n) is 2.79. The molecule has 1 aliphatic heterocycles. The van der Waals surface area contributed by atoms with E-state index in [9.17, 15) is 14.4 Å². The van der Waals surface area contributed by atoms with Crippen molar-refractivity contribution in [1.82, 2.24) is 14.8 Å². The Balaban J connectivity index is 1.50. The number of piperazine rings is 1. The number of hydrogen-bond acceptors (Lipinski definition) is 4. The van der Waals surface area contributed by atoms with Crippen LogP contribution in [0, 0.1) is 0 Å². The third-order valence-corrected chi connectivity index (χ3v) is 4.13. The summed E-state index contributed by atoms with van der Waals surface area (Å²) in [5, 5.41) is 2.85. The fourth-order valence-corrected chi connectivity index (χ4v) is 2.79. The first-order valence-corrected chi connectivity index (χ1v) is 8.18. The van der Waals surface area contributed by atoms with Crippen LogP contribution in [-0.4, -0.2) is 59.3 Å². The van der Waals surface area contributed by atoms with E-state index in [0.29, 0.717) is 26.2 Å². The summed E-state index contributed by atoms with van der Waals surface area (Å²) >= 11 is 0. The van der Waals surface area contributed by atoms with Crippen molar-refractivity contribution >= 4 is 17.5 Å². The van der Waals surface area contributed by atoms with E-state index in [-0.39, 0.29) is 29.5 Å². The molecule has 0 spiro atoms. The third kappa shape index (κ3) is 4.33. The minimum Gasteiger partial charge on any atom is -0.336 e. The first kappa shape index (κ1) is 16.9. The van der Waals surface area contributed by atoms with E-state index in [0.717, 1.165) is 5.69 Å². The molecule has 7 heteroatoms. The van der Waals surface area contributed by atoms with Crippen molar-refractivity contribution in [3.63, 3.8) is 0 Å². The number of nitrogens with zero attached hydrogens (tertiary/aromatic N) is 2. The summed E-state index contributed by atoms with van der Waals surface area (Å²) in [5.74, 6) is -0.347. The van der Waals surface area contributed by atoms with Crippen molar-refractivity contribution in [2.45, 2.75) is 0 Å². The molecule has 2 aromatic rings. The minimum absolute atomic E-state index is 0.0783. The van der Waals surface area contributed by atoms with E-state index in [2.05, 4.69) is 10.3 Å². The van der Waals surface area contributed by atoms with Crippen molar-refractivity contribution in [2.24, 2.45) is 0 Å². The summed E-state index contributed by atoms with van der Waals surface area (Å²) in [6.07, 6.45) is 1.50. The Labute approximate surface area is 145 Å². The summed E-state index contributed by atoms with van der Waals surface area (Å²) in [6, 6.07) is 12.5. The fraction of sp³-hybridized carbons (Fsp3) is 0.278. The number of para-hydroxylation sites is 1. The third-order valence-electron chi connectivity index (χ3n) is 4.13. The monoisotopic (exact) mass is 340 g/mol. The molecule has 0 atom stereocenters. The molecule has 130 valence electrons. The lowest BCUT2D eigenvalue weighted by Crippen LogP contribution is -2.51. The van der Waals surface area contributed by atoms with E-state index in [4.69, 9.17) is 0 Å². The predicted molar refractivity (Wildman–Crippen MR) is 94.5 cm³/mol. The van der Waals surface area contributed by atoms with Gasteiger partial charge in [-0.1, -0.05) is 18.2 Å². The molecule has 1 aromatic carbocycles. The van der Waals surface area contributed by atoms with Crippen LogP contribution in [-0.2, 0) is 4.79 Å². The van der Waals surface area contributed by atoms with E-state index in [1.165, 1.54) is 12.3 Å². The average Bonchev–Trinajstić information content (AvgIpc) is 2.63. The molecule has 1 aliphatic rings. The van der Waals surface area contributed by atoms with E-state index in [1.54, 1.807) is 11.0 Å². The Morgan fingerprint density at radius 2 is 1.72 bits per heavy atom. The standard InChI is InChI=1S/C18H20N4O3/c23-16(20-14-5-2-1-3-6-14)13-21-9-11-22(12-10-21)18(25)15-7-4-8-19-17(15)24/h1-8H,9-13H2,(H,19,24)(H,20,23). The Morgan fingerprint density at radius 3 is 2.40 bits per heavy atom. The molecule has 25 heavy (non-hydrogen) atoms. The van der Waals surface area contributed by atoms with Crippen LogP contribution in [0.15, 0.2) is 53.5 Å². The number of aromatic amines is 1. The first-order valence-electron chi connectivity index (χ1n) is 8.18. The van der Waals surface area contributed by atoms with Gasteiger partial charge in [0.15, 0.2) is 0 Å². The number of benzene rings is 1. The van der Waals surface area contributed by atoms with Gasteiger partial charge in [0, 0.05) is 38.1 Å². The van der Waals surface area contributed by atoms with Gasteiger partial charge in [-0.3, -0.25) is 19.3 Å². The number of aromatic nitrogens is 1. The number of pyridine rings is 1. The van der Waals surface area contributed by atoms with Crippen LogP contribution in [0.2, 0.25) is 0 Å². The second-order valence-electron chi connectivity index (χ2n) is 5.90. The maximum absolute atomic E-state index is 12.4. The SMILES string of the molecule is O=C(CN1CCN(C(=O)c2ccc[nH]c2=O)CC1)Nc1ccccc1. The van der Waals surface area contributed by atoms with Crippen LogP contribution >= 0.6 is 0 Å². The number of nitrogens with one attached hydrogen (secondary N) is 2. The minimum atomic E-state index is -0.378. The second kappa shape index (κ2) is 7.76. The number of hydrogen-bond donors (Lipinski definition) is 2. The Morgan fingerprint density at radius 1 is 1.00 bits per heavy atom. The maximum atomic E-state index is 12.4. The van der Waals surface area contributed by atoms with Crippen LogP contribution in [0.1, 0.15) is 10.4 Å². The van der Waals surface area contributed by atoms with Crippen LogP contribution in [0.4, 0.5) is 5.69 Å². The van der Waals surface area contributed by atoms with Crippen molar-refractivity contribution in [3.8, 4) is 0 Å². The molecule has 7 nitrogen and oxygen atoms in total. The molecule has 0 saturated carbocycles. The van der Waals surface area contributed by atoms with Crippen LogP contribution in [0.5, 0.6) is 0 Å². The highest BCUT2D eigenvalue weighted by Crippen LogP contribution is 2.08. The van der Waals surface area contributed by atoms with Crippen LogP contribution in [0.25, 0.3) is 0 Å². The lowest BCUT2D eigenvalue weighted by Gasteiger charge is -2.34. The van der Waals surface area contributed by atoms with Gasteiger partial charge < -0.3 is 15.2 Å². The highest BCUT2D eigenvalue weighted by Gasteiger charge is 2.24. The molecular weight excluding hydrogens is 320 g/mol. The van der Waals surface area contributed by atoms with Gasteiger partial charge in [0.05, 0.1) is 6.54 Å². The lowest BCUT2D eigenvalue weighted by atomic mass is 10.2. The van der Waals surface area contributed by atoms with Crippen molar-refractivity contribution in [1.29, 1.82) is 0 Å². The Bertz CT molecular complexity index is 795. The Kier molecular flexibility index (Phi) is 5.25. The molecule has 0 radical (unpaired) electrons. The summed E-state index contributed by atoms with van der Waals surface area (Å²) in [6.45, 7) is 2.46. The molecule has 2 heterocycles. The van der Waals surface area contributed by atoms with E-state index >= 15 is 0 Å². The number of carbonyl (C=O) groups is 2. The smallest absolute Gasteiger partial charge is 0.260 e. The maximum Gasteiger partial charge on any atom is 0.260 e. The number of H-pyrrole nitrogens is 1. The molecule has 1 aromatic heterocycles. The largest absolute Gasteiger partial charge is 0.336 e. The zero-order valence-electron chi connectivity index (χ0n) is 13.8. The van der Waals surface area contributed by atoms with Gasteiger partial charge in [-0.15, -0.1) is 0 Å². The number of anilines is 1. The summed E-state index contributed by atoms with van der Waals surface area (Å²) in [4.78, 5) is 42.4. The molecule has 0 aliphatic carbocycles. The highest BCUT2D eigenvalue weighted by atomic mass is 16.2. The number of carbonyl (C=O) groups excluding carboxylic acids is 2. The first-order chi connectivity index (χ1) is 12.1. The van der Waals surface area contributed by atoms with E-state index in [1.807, 2.05) is 35.2 Å². The molecule has 2 amide bonds. The molecule has 0 bridgehead atoms. The highest BCUT2D eigenvalue weighted by molar-refractivity contribution is 5.94. The van der Waals surface area contributed by atoms with E-state index < -0.39 is 0 Å². The Hall–Kier alpha value is -2.93. The van der Waals surface area contributed by atoms with Gasteiger partial charge >= 0.3 is 0 Å². The molecule has 0 unspecified atom stereocenters. The summed E-state index contributed by atoms with van der Waals surface area (Å²) in [5.41, 5.74) is 0.541. The van der Waals surface area contributed by atoms with Crippen LogP contribution < -0.4 is 10.9 Å². The summed E-state index contributed by atoms with van der Waals surface area (Å²) < 4.78 is 0. The normalized spacial score (nSPS) is 15.0. The van der Waals surface area contributed by atoms with Gasteiger partial charge in [-0.2, -0.15) is 0 Å². The second-order valence-corrected chi connectivity index (χ2v) is 5.90. The lowest BCUT2D eigenvalue weighted by molar-refractivity contribution is -0.117. The molecule has 2 N–H and O–H groups in total. The molecule has 3 rings (SSSR count). The van der Waals surface area contributed by atoms with Gasteiger partial charge in [0.2, 0.25) is 5.91 Å². The zero-order chi connectivity index (χ0) is 17.6. The summed E-state index contributed by atoms with van der Waals surface area (Å²) in [7, 11) is 0. The predicted octanol–water partition coefficient (Wildman–Crippen LogP) is 0.771. The quantitative estimate of drug-likeness (QED) is 0.861. The molecular formula is C18H20N4O3. The van der Waals surface area contributed by atoms with Crippen molar-refractivity contribution in [2.75, 3.05) is 38.0 Å². The van der Waals surface area contributed by atoms with Crippen molar-refractivity contribution in [3.05, 3.63) is 64.6 Å². The van der Waals surface area contributed by atoms with Gasteiger partial charge in [0.1, 0.15) is 5.56 Å².